The van der Waals surface area contributed by atoms with Crippen LogP contribution in [0.5, 0.6) is 0 Å². The van der Waals surface area contributed by atoms with Gasteiger partial charge in [0.2, 0.25) is 0 Å². The third kappa shape index (κ3) is 14.1. The van der Waals surface area contributed by atoms with E-state index in [4.69, 9.17) is 32.3 Å². The second kappa shape index (κ2) is 21.6. The number of halogens is 1. The molecule has 0 unspecified atom stereocenters. The fourth-order valence-electron chi connectivity index (χ4n) is 3.32. The summed E-state index contributed by atoms with van der Waals surface area (Å²) in [5.41, 5.74) is 6.93. The van der Waals surface area contributed by atoms with Crippen LogP contribution in [-0.2, 0) is 26.6 Å². The molecule has 200 valence electrons. The number of benzene rings is 1. The minimum atomic E-state index is -2.47. The highest BCUT2D eigenvalue weighted by molar-refractivity contribution is 6.60. The van der Waals surface area contributed by atoms with E-state index in [1.165, 1.54) is 5.56 Å². The summed E-state index contributed by atoms with van der Waals surface area (Å²) in [7, 11) is 5.17. The lowest BCUT2D eigenvalue weighted by molar-refractivity contribution is 0.121. The van der Waals surface area contributed by atoms with Crippen molar-refractivity contribution in [2.45, 2.75) is 31.9 Å². The third-order valence-electron chi connectivity index (χ3n) is 5.30. The van der Waals surface area contributed by atoms with Crippen LogP contribution in [0.15, 0.2) is 36.4 Å². The summed E-state index contributed by atoms with van der Waals surface area (Å²) in [6.45, 7) is 5.44. The molecule has 0 radical (unpaired) electrons. The van der Waals surface area contributed by atoms with E-state index in [0.717, 1.165) is 44.6 Å². The molecule has 8 nitrogen and oxygen atoms in total. The van der Waals surface area contributed by atoms with Gasteiger partial charge in [0.05, 0.1) is 0 Å². The van der Waals surface area contributed by atoms with Crippen molar-refractivity contribution in [1.82, 2.24) is 4.90 Å². The van der Waals surface area contributed by atoms with E-state index in [1.807, 2.05) is 18.2 Å². The number of hydrogen-bond acceptors (Lipinski definition) is 8. The Hall–Kier alpha value is -0.636. The van der Waals surface area contributed by atoms with Crippen LogP contribution < -0.4 is 5.73 Å². The molecule has 0 spiro atoms. The largest absolute Gasteiger partial charge is 0.500 e. The van der Waals surface area contributed by atoms with Crippen molar-refractivity contribution >= 4 is 36.1 Å². The molecule has 0 fully saturated rings. The predicted octanol–water partition coefficient (Wildman–Crippen LogP) is 3.93. The minimum Gasteiger partial charge on any atom is -0.377 e. The average Bonchev–Trinajstić information content (AvgIpc) is 2.86. The van der Waals surface area contributed by atoms with Crippen molar-refractivity contribution in [3.63, 3.8) is 0 Å². The number of nitrogens with zero attached hydrogens (tertiary/aromatic N) is 1. The SMILES string of the molecule is CCC[Si](OC)(OC)OC.CO[Si](CCCN(CC=Cc1ccccc1)CCN)(OC)OC.Cl. The Labute approximate surface area is 215 Å². The quantitative estimate of drug-likeness (QED) is 0.299. The molecule has 1 aromatic rings. The molecule has 0 aliphatic rings. The Bertz CT molecular complexity index is 592. The van der Waals surface area contributed by atoms with E-state index >= 15 is 0 Å². The van der Waals surface area contributed by atoms with Crippen molar-refractivity contribution < 1.29 is 26.6 Å². The Morgan fingerprint density at radius 2 is 1.29 bits per heavy atom. The Kier molecular flexibility index (Phi) is 22.6. The van der Waals surface area contributed by atoms with Gasteiger partial charge in [-0.25, -0.2) is 0 Å². The lowest BCUT2D eigenvalue weighted by Gasteiger charge is -2.26. The Morgan fingerprint density at radius 1 is 0.794 bits per heavy atom. The van der Waals surface area contributed by atoms with Crippen molar-refractivity contribution in [1.29, 1.82) is 0 Å². The first-order chi connectivity index (χ1) is 15.9. The van der Waals surface area contributed by atoms with E-state index in [-0.39, 0.29) is 12.4 Å². The molecule has 0 amide bonds. The smallest absolute Gasteiger partial charge is 0.377 e. The standard InChI is InChI=1S/C17H30N2O3Si.C6H16O3Si.ClH/c1-20-23(21-2,22-3)16-8-14-19(15-12-18)13-7-11-17-9-5-4-6-10-17;1-5-6-10(7-2,8-3)9-4;/h4-7,9-11H,8,12-16,18H2,1-3H3;5-6H2,1-4H3;1H. The summed E-state index contributed by atoms with van der Waals surface area (Å²) in [4.78, 5) is 2.33. The first-order valence-corrected chi connectivity index (χ1v) is 15.3. The minimum absolute atomic E-state index is 0. The van der Waals surface area contributed by atoms with Crippen molar-refractivity contribution in [3.8, 4) is 0 Å². The molecule has 34 heavy (non-hydrogen) atoms. The van der Waals surface area contributed by atoms with Crippen molar-refractivity contribution in [2.24, 2.45) is 5.73 Å². The molecule has 1 rings (SSSR count). The lowest BCUT2D eigenvalue weighted by atomic mass is 10.2. The van der Waals surface area contributed by atoms with Crippen molar-refractivity contribution in [3.05, 3.63) is 42.0 Å². The molecule has 0 saturated heterocycles. The van der Waals surface area contributed by atoms with Gasteiger partial charge in [0, 0.05) is 74.4 Å². The van der Waals surface area contributed by atoms with E-state index in [9.17, 15) is 0 Å². The summed E-state index contributed by atoms with van der Waals surface area (Å²) in [5.74, 6) is 0. The maximum atomic E-state index is 5.72. The van der Waals surface area contributed by atoms with Crippen molar-refractivity contribution in [2.75, 3.05) is 68.8 Å². The fraction of sp³-hybridized carbons (Fsp3) is 0.652. The van der Waals surface area contributed by atoms with Gasteiger partial charge in [-0.3, -0.25) is 4.90 Å². The maximum Gasteiger partial charge on any atom is 0.500 e. The van der Waals surface area contributed by atoms with E-state index < -0.39 is 17.6 Å². The molecule has 11 heteroatoms. The Morgan fingerprint density at radius 3 is 1.71 bits per heavy atom. The van der Waals surface area contributed by atoms with E-state index in [2.05, 4.69) is 36.1 Å². The van der Waals surface area contributed by atoms with Crippen LogP contribution in [0.3, 0.4) is 0 Å². The highest BCUT2D eigenvalue weighted by atomic mass is 35.5. The van der Waals surface area contributed by atoms with Crippen LogP contribution in [-0.4, -0.2) is 91.3 Å². The van der Waals surface area contributed by atoms with Crippen LogP contribution in [0, 0.1) is 0 Å². The lowest BCUT2D eigenvalue weighted by Crippen LogP contribution is -2.43. The molecular formula is C23H47ClN2O6Si2. The van der Waals surface area contributed by atoms with E-state index in [0.29, 0.717) is 6.54 Å². The van der Waals surface area contributed by atoms with E-state index in [1.54, 1.807) is 42.7 Å². The molecule has 0 atom stereocenters. The molecule has 0 saturated carbocycles. The summed E-state index contributed by atoms with van der Waals surface area (Å²) in [5, 5.41) is 0. The van der Waals surface area contributed by atoms with Gasteiger partial charge < -0.3 is 32.3 Å². The zero-order chi connectivity index (χ0) is 25.0. The molecule has 2 N–H and O–H groups in total. The second-order valence-electron chi connectivity index (χ2n) is 7.35. The van der Waals surface area contributed by atoms with Crippen LogP contribution >= 0.6 is 12.4 Å². The third-order valence-corrected chi connectivity index (χ3v) is 11.1. The molecule has 1 aromatic carbocycles. The first-order valence-electron chi connectivity index (χ1n) is 11.4. The summed E-state index contributed by atoms with van der Waals surface area (Å²) >= 11 is 0. The zero-order valence-electron chi connectivity index (χ0n) is 22.1. The summed E-state index contributed by atoms with van der Waals surface area (Å²) < 4.78 is 31.9. The number of rotatable bonds is 17. The topological polar surface area (TPSA) is 84.6 Å². The molecule has 0 aromatic heterocycles. The monoisotopic (exact) mass is 538 g/mol. The molecule has 0 aliphatic heterocycles. The second-order valence-corrected chi connectivity index (χ2v) is 13.5. The van der Waals surface area contributed by atoms with Gasteiger partial charge in [-0.2, -0.15) is 0 Å². The van der Waals surface area contributed by atoms with Crippen LogP contribution in [0.1, 0.15) is 25.3 Å². The Balaban J connectivity index is 0. The van der Waals surface area contributed by atoms with Crippen LogP contribution in [0.4, 0.5) is 0 Å². The van der Waals surface area contributed by atoms with Gasteiger partial charge in [0.1, 0.15) is 0 Å². The van der Waals surface area contributed by atoms with Crippen LogP contribution in [0.2, 0.25) is 12.1 Å². The highest BCUT2D eigenvalue weighted by Crippen LogP contribution is 2.15. The van der Waals surface area contributed by atoms with Gasteiger partial charge in [-0.15, -0.1) is 12.4 Å². The molecular weight excluding hydrogens is 492 g/mol. The predicted molar refractivity (Wildman–Crippen MR) is 146 cm³/mol. The maximum absolute atomic E-state index is 5.72. The van der Waals surface area contributed by atoms with Gasteiger partial charge in [0.15, 0.2) is 0 Å². The summed E-state index contributed by atoms with van der Waals surface area (Å²) in [6.07, 6.45) is 6.31. The number of hydrogen-bond donors (Lipinski definition) is 1. The highest BCUT2D eigenvalue weighted by Gasteiger charge is 2.37. The van der Waals surface area contributed by atoms with Gasteiger partial charge in [-0.1, -0.05) is 55.8 Å². The van der Waals surface area contributed by atoms with Crippen LogP contribution in [0.25, 0.3) is 6.08 Å². The van der Waals surface area contributed by atoms with Gasteiger partial charge in [0.25, 0.3) is 0 Å². The van der Waals surface area contributed by atoms with Gasteiger partial charge in [-0.05, 0) is 18.5 Å². The number of nitrogens with two attached hydrogens (primary N) is 1. The average molecular weight is 539 g/mol. The molecule has 0 heterocycles. The molecule has 0 bridgehead atoms. The summed E-state index contributed by atoms with van der Waals surface area (Å²) in [6, 6.07) is 12.0. The first kappa shape index (κ1) is 35.5. The molecule has 0 aliphatic carbocycles. The normalized spacial score (nSPS) is 11.9. The fourth-order valence-corrected chi connectivity index (χ4v) is 6.74. The van der Waals surface area contributed by atoms with Gasteiger partial charge >= 0.3 is 17.6 Å². The zero-order valence-corrected chi connectivity index (χ0v) is 24.9.